The van der Waals surface area contributed by atoms with Crippen LogP contribution in [0.4, 0.5) is 0 Å². The number of hydrogen-bond donors (Lipinski definition) is 0. The molecule has 7 nitrogen and oxygen atoms in total. The zero-order valence-electron chi connectivity index (χ0n) is 16.6. The SMILES string of the molecule is CC(=O)OC(C)(C)C1Oc2cc3oc(=O)ccc3cc2C1OC(=O)CC(C)C. The molecule has 7 heteroatoms. The van der Waals surface area contributed by atoms with Gasteiger partial charge in [0.15, 0.2) is 12.2 Å². The number of benzene rings is 1. The third-order valence-electron chi connectivity index (χ3n) is 4.51. The lowest BCUT2D eigenvalue weighted by Crippen LogP contribution is -2.46. The van der Waals surface area contributed by atoms with E-state index < -0.39 is 29.4 Å². The molecule has 0 N–H and O–H groups in total. The molecular weight excluding hydrogens is 364 g/mol. The Morgan fingerprint density at radius 1 is 1.21 bits per heavy atom. The lowest BCUT2D eigenvalue weighted by molar-refractivity contribution is -0.176. The van der Waals surface area contributed by atoms with Gasteiger partial charge < -0.3 is 18.6 Å². The third-order valence-corrected chi connectivity index (χ3v) is 4.51. The van der Waals surface area contributed by atoms with E-state index in [1.54, 1.807) is 32.0 Å². The molecule has 1 aromatic carbocycles. The van der Waals surface area contributed by atoms with Crippen LogP contribution in [0.2, 0.25) is 0 Å². The van der Waals surface area contributed by atoms with Crippen molar-refractivity contribution in [3.05, 3.63) is 40.2 Å². The lowest BCUT2D eigenvalue weighted by atomic mass is 9.93. The Hall–Kier alpha value is -2.83. The van der Waals surface area contributed by atoms with Crippen molar-refractivity contribution in [2.45, 2.75) is 58.8 Å². The molecule has 3 rings (SSSR count). The molecular formula is C21H24O7. The van der Waals surface area contributed by atoms with Crippen molar-refractivity contribution in [1.29, 1.82) is 0 Å². The Morgan fingerprint density at radius 2 is 1.93 bits per heavy atom. The first-order chi connectivity index (χ1) is 13.1. The number of fused-ring (bicyclic) bond motifs is 2. The summed E-state index contributed by atoms with van der Waals surface area (Å²) in [5.41, 5.74) is -0.518. The van der Waals surface area contributed by atoms with Gasteiger partial charge in [-0.2, -0.15) is 0 Å². The van der Waals surface area contributed by atoms with E-state index in [1.807, 2.05) is 13.8 Å². The second-order valence-electron chi connectivity index (χ2n) is 7.93. The monoisotopic (exact) mass is 388 g/mol. The topological polar surface area (TPSA) is 92.0 Å². The van der Waals surface area contributed by atoms with Crippen LogP contribution in [0.5, 0.6) is 5.75 Å². The Bertz CT molecular complexity index is 970. The first kappa shape index (κ1) is 19.9. The maximum atomic E-state index is 12.4. The molecule has 2 heterocycles. The number of rotatable bonds is 5. The summed E-state index contributed by atoms with van der Waals surface area (Å²) < 4.78 is 22.4. The molecule has 1 aromatic heterocycles. The number of hydrogen-bond acceptors (Lipinski definition) is 7. The van der Waals surface area contributed by atoms with E-state index in [9.17, 15) is 14.4 Å². The van der Waals surface area contributed by atoms with Gasteiger partial charge in [-0.25, -0.2) is 4.79 Å². The van der Waals surface area contributed by atoms with E-state index >= 15 is 0 Å². The number of esters is 2. The van der Waals surface area contributed by atoms with Crippen LogP contribution in [0, 0.1) is 5.92 Å². The average Bonchev–Trinajstić information content (AvgIpc) is 2.89. The van der Waals surface area contributed by atoms with Crippen LogP contribution in [0.15, 0.2) is 33.5 Å². The maximum absolute atomic E-state index is 12.4. The first-order valence-corrected chi connectivity index (χ1v) is 9.20. The number of carbonyl (C=O) groups is 2. The minimum atomic E-state index is -1.05. The van der Waals surface area contributed by atoms with E-state index in [4.69, 9.17) is 18.6 Å². The van der Waals surface area contributed by atoms with Gasteiger partial charge >= 0.3 is 17.6 Å². The van der Waals surface area contributed by atoms with Crippen LogP contribution in [0.1, 0.15) is 52.7 Å². The summed E-state index contributed by atoms with van der Waals surface area (Å²) in [5, 5.41) is 0.679. The van der Waals surface area contributed by atoms with Crippen LogP contribution < -0.4 is 10.4 Å². The number of ether oxygens (including phenoxy) is 3. The quantitative estimate of drug-likeness (QED) is 0.571. The summed E-state index contributed by atoms with van der Waals surface area (Å²) in [6.07, 6.45) is -1.24. The highest BCUT2D eigenvalue weighted by Gasteiger charge is 2.48. The largest absolute Gasteiger partial charge is 0.481 e. The fraction of sp³-hybridized carbons (Fsp3) is 0.476. The summed E-state index contributed by atoms with van der Waals surface area (Å²) in [4.78, 5) is 35.4. The van der Waals surface area contributed by atoms with Gasteiger partial charge in [-0.3, -0.25) is 9.59 Å². The van der Waals surface area contributed by atoms with E-state index in [0.29, 0.717) is 22.3 Å². The number of carbonyl (C=O) groups excluding carboxylic acids is 2. The van der Waals surface area contributed by atoms with Gasteiger partial charge in [0.2, 0.25) is 0 Å². The molecule has 2 aromatic rings. The second-order valence-corrected chi connectivity index (χ2v) is 7.93. The summed E-state index contributed by atoms with van der Waals surface area (Å²) in [6, 6.07) is 6.33. The highest BCUT2D eigenvalue weighted by Crippen LogP contribution is 2.45. The fourth-order valence-corrected chi connectivity index (χ4v) is 3.38. The van der Waals surface area contributed by atoms with E-state index in [1.165, 1.54) is 13.0 Å². The van der Waals surface area contributed by atoms with Crippen molar-refractivity contribution < 1.29 is 28.2 Å². The van der Waals surface area contributed by atoms with Gasteiger partial charge in [-0.15, -0.1) is 0 Å². The van der Waals surface area contributed by atoms with Crippen molar-refractivity contribution in [3.63, 3.8) is 0 Å². The van der Waals surface area contributed by atoms with Crippen LogP contribution in [0.3, 0.4) is 0 Å². The van der Waals surface area contributed by atoms with Gasteiger partial charge in [-0.1, -0.05) is 13.8 Å². The second kappa shape index (κ2) is 7.30. The zero-order valence-corrected chi connectivity index (χ0v) is 16.6. The molecule has 0 saturated carbocycles. The smallest absolute Gasteiger partial charge is 0.336 e. The maximum Gasteiger partial charge on any atom is 0.336 e. The van der Waals surface area contributed by atoms with Gasteiger partial charge in [-0.05, 0) is 31.9 Å². The van der Waals surface area contributed by atoms with Crippen molar-refractivity contribution >= 4 is 22.9 Å². The van der Waals surface area contributed by atoms with Gasteiger partial charge in [0.05, 0.1) is 0 Å². The van der Waals surface area contributed by atoms with Crippen LogP contribution in [-0.2, 0) is 19.1 Å². The van der Waals surface area contributed by atoms with E-state index in [-0.39, 0.29) is 18.3 Å². The van der Waals surface area contributed by atoms with Crippen molar-refractivity contribution in [3.8, 4) is 5.75 Å². The Balaban J connectivity index is 2.04. The molecule has 0 radical (unpaired) electrons. The standard InChI is InChI=1S/C21H24O7/c1-11(2)8-18(24)27-19-14-9-13-6-7-17(23)25-15(13)10-16(14)26-20(19)21(4,5)28-12(3)22/h6-7,9-11,19-20H,8H2,1-5H3. The lowest BCUT2D eigenvalue weighted by Gasteiger charge is -2.33. The third kappa shape index (κ3) is 4.03. The summed E-state index contributed by atoms with van der Waals surface area (Å²) in [6.45, 7) is 8.57. The average molecular weight is 388 g/mol. The van der Waals surface area contributed by atoms with Gasteiger partial charge in [0.25, 0.3) is 0 Å². The van der Waals surface area contributed by atoms with Crippen molar-refractivity contribution in [2.75, 3.05) is 0 Å². The highest BCUT2D eigenvalue weighted by atomic mass is 16.6. The van der Waals surface area contributed by atoms with Crippen LogP contribution >= 0.6 is 0 Å². The van der Waals surface area contributed by atoms with E-state index in [2.05, 4.69) is 0 Å². The molecule has 150 valence electrons. The summed E-state index contributed by atoms with van der Waals surface area (Å²) in [7, 11) is 0. The predicted octanol–water partition coefficient (Wildman–Crippen LogP) is 3.53. The highest BCUT2D eigenvalue weighted by molar-refractivity contribution is 5.80. The molecule has 0 aliphatic carbocycles. The zero-order chi connectivity index (χ0) is 20.6. The van der Waals surface area contributed by atoms with Crippen LogP contribution in [-0.4, -0.2) is 23.6 Å². The Kier molecular flexibility index (Phi) is 5.19. The predicted molar refractivity (Wildman–Crippen MR) is 101 cm³/mol. The Labute approximate surface area is 162 Å². The molecule has 2 atom stereocenters. The molecule has 2 unspecified atom stereocenters. The molecule has 0 bridgehead atoms. The van der Waals surface area contributed by atoms with Gasteiger partial charge in [0.1, 0.15) is 16.9 Å². The van der Waals surface area contributed by atoms with Crippen LogP contribution in [0.25, 0.3) is 11.0 Å². The normalized spacial score (nSPS) is 18.6. The molecule has 1 aliphatic rings. The minimum Gasteiger partial charge on any atom is -0.481 e. The molecule has 0 fully saturated rings. The summed E-state index contributed by atoms with van der Waals surface area (Å²) in [5.74, 6) is -0.262. The molecule has 28 heavy (non-hydrogen) atoms. The fourth-order valence-electron chi connectivity index (χ4n) is 3.38. The first-order valence-electron chi connectivity index (χ1n) is 9.20. The Morgan fingerprint density at radius 3 is 2.57 bits per heavy atom. The van der Waals surface area contributed by atoms with Crippen molar-refractivity contribution in [2.24, 2.45) is 5.92 Å². The molecule has 0 saturated heterocycles. The van der Waals surface area contributed by atoms with E-state index in [0.717, 1.165) is 0 Å². The molecule has 0 amide bonds. The van der Waals surface area contributed by atoms with Gasteiger partial charge in [0, 0.05) is 36.4 Å². The molecule has 1 aliphatic heterocycles. The minimum absolute atomic E-state index is 0.139. The summed E-state index contributed by atoms with van der Waals surface area (Å²) >= 11 is 0. The van der Waals surface area contributed by atoms with Crippen molar-refractivity contribution in [1.82, 2.24) is 0 Å². The molecule has 0 spiro atoms.